The summed E-state index contributed by atoms with van der Waals surface area (Å²) in [5.74, 6) is 0.384. The fourth-order valence-corrected chi connectivity index (χ4v) is 6.99. The van der Waals surface area contributed by atoms with Crippen LogP contribution in [-0.2, 0) is 27.2 Å². The number of carboxylic acid groups (broad SMARTS) is 1. The number of pyridine rings is 1. The monoisotopic (exact) mass is 525 g/mol. The van der Waals surface area contributed by atoms with Crippen LogP contribution < -0.4 is 16.0 Å². The lowest BCUT2D eigenvalue weighted by molar-refractivity contribution is -0.143. The summed E-state index contributed by atoms with van der Waals surface area (Å²) in [7, 11) is 0. The van der Waals surface area contributed by atoms with Crippen molar-refractivity contribution in [1.29, 1.82) is 0 Å². The first kappa shape index (κ1) is 26.9. The molecule has 4 fully saturated rings. The summed E-state index contributed by atoms with van der Waals surface area (Å²) < 4.78 is 0. The van der Waals surface area contributed by atoms with Gasteiger partial charge < -0.3 is 26.0 Å². The maximum atomic E-state index is 12.9. The number of aryl methyl sites for hydroxylation is 2. The lowest BCUT2D eigenvalue weighted by atomic mass is 9.64. The molecule has 38 heavy (non-hydrogen) atoms. The molecule has 3 atom stereocenters. The van der Waals surface area contributed by atoms with E-state index >= 15 is 0 Å². The van der Waals surface area contributed by atoms with E-state index in [0.29, 0.717) is 18.4 Å². The van der Waals surface area contributed by atoms with Crippen LogP contribution >= 0.6 is 0 Å². The number of rotatable bonds is 10. The number of hydrogen-bond donors (Lipinski definition) is 4. The zero-order valence-electron chi connectivity index (χ0n) is 22.4. The predicted octanol–water partition coefficient (Wildman–Crippen LogP) is 2.60. The summed E-state index contributed by atoms with van der Waals surface area (Å²) in [6.07, 6.45) is 11.3. The molecule has 1 aromatic heterocycles. The summed E-state index contributed by atoms with van der Waals surface area (Å²) in [6.45, 7) is 3.48. The zero-order chi connectivity index (χ0) is 26.5. The van der Waals surface area contributed by atoms with Crippen LogP contribution in [0.1, 0.15) is 69.0 Å². The number of aromatic nitrogens is 1. The number of amides is 2. The Balaban J connectivity index is 1.05. The predicted molar refractivity (Wildman–Crippen MR) is 145 cm³/mol. The molecule has 3 aliphatic carbocycles. The smallest absolute Gasteiger partial charge is 0.328 e. The SMILES string of the molecule is O=C(N[C@@H](CNC(=O)[C@@H]1CCCN(CCCc2ccc3c(n2)NCCC3)C1)C(=O)O)C1CC2CCC1CC2. The number of carbonyl (C=O) groups is 3. The highest BCUT2D eigenvalue weighted by molar-refractivity contribution is 5.86. The highest BCUT2D eigenvalue weighted by atomic mass is 16.4. The standard InChI is InChI=1S/C29H43N5O4/c35-27(31-17-25(29(37)38)33-28(36)24-16-19-7-9-20(24)10-8-19)22-5-2-14-34(18-22)15-3-6-23-12-11-21-4-1-13-30-26(21)32-23/h11-12,19-20,22,24-25H,1-10,13-18H2,(H,30,32)(H,31,35)(H,33,36)(H,37,38)/t19?,20?,22-,24?,25+/m1/s1. The molecular weight excluding hydrogens is 482 g/mol. The topological polar surface area (TPSA) is 124 Å². The molecule has 6 rings (SSSR count). The third-order valence-corrected chi connectivity index (χ3v) is 9.21. The van der Waals surface area contributed by atoms with Crippen LogP contribution in [0, 0.1) is 23.7 Å². The molecule has 3 saturated carbocycles. The van der Waals surface area contributed by atoms with Crippen molar-refractivity contribution in [2.45, 2.75) is 76.7 Å². The van der Waals surface area contributed by atoms with E-state index in [1.54, 1.807) is 0 Å². The maximum Gasteiger partial charge on any atom is 0.328 e. The Morgan fingerprint density at radius 3 is 2.71 bits per heavy atom. The van der Waals surface area contributed by atoms with Gasteiger partial charge in [0.1, 0.15) is 11.9 Å². The van der Waals surface area contributed by atoms with Gasteiger partial charge in [-0.05, 0) is 94.3 Å². The number of carboxylic acids is 1. The third kappa shape index (κ3) is 6.65. The van der Waals surface area contributed by atoms with Crippen molar-refractivity contribution < 1.29 is 19.5 Å². The van der Waals surface area contributed by atoms with Crippen molar-refractivity contribution >= 4 is 23.6 Å². The van der Waals surface area contributed by atoms with Gasteiger partial charge in [-0.15, -0.1) is 0 Å². The lowest BCUT2D eigenvalue weighted by Gasteiger charge is -2.41. The fraction of sp³-hybridized carbons (Fsp3) is 0.724. The van der Waals surface area contributed by atoms with E-state index in [2.05, 4.69) is 33.0 Å². The Morgan fingerprint density at radius 1 is 1.11 bits per heavy atom. The minimum atomic E-state index is -1.10. The molecule has 1 unspecified atom stereocenters. The van der Waals surface area contributed by atoms with E-state index < -0.39 is 12.0 Å². The normalized spacial score (nSPS) is 27.6. The highest BCUT2D eigenvalue weighted by Gasteiger charge is 2.40. The van der Waals surface area contributed by atoms with Crippen molar-refractivity contribution in [1.82, 2.24) is 20.5 Å². The quantitative estimate of drug-likeness (QED) is 0.370. The van der Waals surface area contributed by atoms with Gasteiger partial charge in [0.15, 0.2) is 0 Å². The van der Waals surface area contributed by atoms with Crippen LogP contribution in [-0.4, -0.2) is 71.5 Å². The van der Waals surface area contributed by atoms with Gasteiger partial charge in [-0.1, -0.05) is 18.9 Å². The maximum absolute atomic E-state index is 12.9. The van der Waals surface area contributed by atoms with Gasteiger partial charge in [-0.25, -0.2) is 9.78 Å². The molecule has 2 amide bonds. The number of aliphatic carboxylic acids is 1. The molecule has 9 heteroatoms. The molecule has 2 bridgehead atoms. The number of nitrogens with one attached hydrogen (secondary N) is 3. The van der Waals surface area contributed by atoms with Crippen LogP contribution in [0.4, 0.5) is 5.82 Å². The summed E-state index contributed by atoms with van der Waals surface area (Å²) in [5, 5.41) is 18.6. The first-order chi connectivity index (χ1) is 18.5. The number of anilines is 1. The second-order valence-corrected chi connectivity index (χ2v) is 11.9. The van der Waals surface area contributed by atoms with E-state index in [0.717, 1.165) is 88.9 Å². The second kappa shape index (κ2) is 12.5. The molecule has 0 radical (unpaired) electrons. The molecule has 1 saturated heterocycles. The Labute approximate surface area is 225 Å². The molecule has 4 N–H and O–H groups in total. The van der Waals surface area contributed by atoms with E-state index in [-0.39, 0.29) is 30.2 Å². The van der Waals surface area contributed by atoms with E-state index in [4.69, 9.17) is 4.98 Å². The zero-order valence-corrected chi connectivity index (χ0v) is 22.4. The van der Waals surface area contributed by atoms with E-state index in [1.807, 2.05) is 0 Å². The Morgan fingerprint density at radius 2 is 1.95 bits per heavy atom. The van der Waals surface area contributed by atoms with Crippen molar-refractivity contribution in [2.24, 2.45) is 23.7 Å². The number of piperidine rings is 1. The van der Waals surface area contributed by atoms with Gasteiger partial charge in [-0.3, -0.25) is 9.59 Å². The van der Waals surface area contributed by atoms with Gasteiger partial charge in [0.25, 0.3) is 0 Å². The van der Waals surface area contributed by atoms with Crippen molar-refractivity contribution in [3.63, 3.8) is 0 Å². The van der Waals surface area contributed by atoms with Gasteiger partial charge in [0.2, 0.25) is 11.8 Å². The molecule has 9 nitrogen and oxygen atoms in total. The average Bonchev–Trinajstić information content (AvgIpc) is 2.95. The van der Waals surface area contributed by atoms with Crippen LogP contribution in [0.2, 0.25) is 0 Å². The molecule has 3 heterocycles. The summed E-state index contributed by atoms with van der Waals surface area (Å²) in [6, 6.07) is 3.23. The Kier molecular flexibility index (Phi) is 8.82. The molecule has 1 aromatic rings. The number of nitrogens with zero attached hydrogens (tertiary/aromatic N) is 2. The minimum Gasteiger partial charge on any atom is -0.480 e. The Hall–Kier alpha value is -2.68. The molecule has 0 spiro atoms. The van der Waals surface area contributed by atoms with Crippen molar-refractivity contribution in [3.8, 4) is 0 Å². The van der Waals surface area contributed by atoms with Crippen LogP contribution in [0.3, 0.4) is 0 Å². The summed E-state index contributed by atoms with van der Waals surface area (Å²) in [4.78, 5) is 44.8. The van der Waals surface area contributed by atoms with Crippen molar-refractivity contribution in [2.75, 3.05) is 38.0 Å². The molecule has 208 valence electrons. The first-order valence-electron chi connectivity index (χ1n) is 14.7. The molecule has 2 aliphatic heterocycles. The van der Waals surface area contributed by atoms with Gasteiger partial charge in [0.05, 0.1) is 5.92 Å². The molecule has 5 aliphatic rings. The van der Waals surface area contributed by atoms with Gasteiger partial charge in [-0.2, -0.15) is 0 Å². The van der Waals surface area contributed by atoms with Gasteiger partial charge >= 0.3 is 5.97 Å². The minimum absolute atomic E-state index is 0.0742. The number of carbonyl (C=O) groups excluding carboxylic acids is 2. The molecule has 0 aromatic carbocycles. The highest BCUT2D eigenvalue weighted by Crippen LogP contribution is 2.45. The Bertz CT molecular complexity index is 1010. The second-order valence-electron chi connectivity index (χ2n) is 11.9. The van der Waals surface area contributed by atoms with Crippen molar-refractivity contribution in [3.05, 3.63) is 23.4 Å². The van der Waals surface area contributed by atoms with Crippen LogP contribution in [0.25, 0.3) is 0 Å². The summed E-state index contributed by atoms with van der Waals surface area (Å²) >= 11 is 0. The molecular formula is C29H43N5O4. The number of likely N-dealkylation sites (tertiary alicyclic amines) is 1. The fourth-order valence-electron chi connectivity index (χ4n) is 6.99. The van der Waals surface area contributed by atoms with Crippen LogP contribution in [0.5, 0.6) is 0 Å². The van der Waals surface area contributed by atoms with E-state index in [9.17, 15) is 19.5 Å². The third-order valence-electron chi connectivity index (χ3n) is 9.21. The summed E-state index contributed by atoms with van der Waals surface area (Å²) in [5.41, 5.74) is 2.41. The van der Waals surface area contributed by atoms with Crippen LogP contribution in [0.15, 0.2) is 12.1 Å². The number of hydrogen-bond acceptors (Lipinski definition) is 6. The largest absolute Gasteiger partial charge is 0.480 e. The lowest BCUT2D eigenvalue weighted by Crippen LogP contribution is -2.53. The van der Waals surface area contributed by atoms with Gasteiger partial charge in [0, 0.05) is 31.2 Å². The number of fused-ring (bicyclic) bond motifs is 4. The first-order valence-corrected chi connectivity index (χ1v) is 14.7. The average molecular weight is 526 g/mol. The van der Waals surface area contributed by atoms with E-state index in [1.165, 1.54) is 18.4 Å².